The summed E-state index contributed by atoms with van der Waals surface area (Å²) in [6.07, 6.45) is 3.07. The predicted molar refractivity (Wildman–Crippen MR) is 83.8 cm³/mol. The van der Waals surface area contributed by atoms with Crippen molar-refractivity contribution in [1.82, 2.24) is 0 Å². The number of hydrogen-bond donors (Lipinski definition) is 1. The average Bonchev–Trinajstić information content (AvgIpc) is 2.53. The maximum Gasteiger partial charge on any atom is 0.335 e. The molecule has 0 aliphatic heterocycles. The highest BCUT2D eigenvalue weighted by atomic mass is 19.1. The molecule has 0 saturated heterocycles. The molecule has 3 nitrogen and oxygen atoms in total. The van der Waals surface area contributed by atoms with Crippen molar-refractivity contribution in [3.05, 3.63) is 53.8 Å². The first kappa shape index (κ1) is 16.0. The molecule has 1 N–H and O–H groups in total. The lowest BCUT2D eigenvalue weighted by Crippen LogP contribution is -1.99. The first-order chi connectivity index (χ1) is 10.6. The number of unbranched alkanes of at least 4 members (excludes halogenated alkanes) is 2. The average molecular weight is 302 g/mol. The van der Waals surface area contributed by atoms with Crippen LogP contribution in [-0.2, 0) is 0 Å². The Hall–Kier alpha value is -2.36. The zero-order valence-electron chi connectivity index (χ0n) is 12.5. The van der Waals surface area contributed by atoms with Crippen LogP contribution in [-0.4, -0.2) is 17.7 Å². The van der Waals surface area contributed by atoms with E-state index in [0.717, 1.165) is 24.8 Å². The largest absolute Gasteiger partial charge is 0.491 e. The van der Waals surface area contributed by atoms with E-state index in [2.05, 4.69) is 6.92 Å². The van der Waals surface area contributed by atoms with Gasteiger partial charge in [-0.1, -0.05) is 38.0 Å². The lowest BCUT2D eigenvalue weighted by molar-refractivity contribution is 0.0697. The number of carbonyl (C=O) groups is 1. The van der Waals surface area contributed by atoms with Crippen LogP contribution in [0.5, 0.6) is 5.75 Å². The number of halogens is 1. The molecule has 0 aliphatic rings. The van der Waals surface area contributed by atoms with E-state index in [1.165, 1.54) is 18.2 Å². The van der Waals surface area contributed by atoms with E-state index in [-0.39, 0.29) is 11.3 Å². The molecule has 0 aliphatic carbocycles. The van der Waals surface area contributed by atoms with Gasteiger partial charge in [-0.05, 0) is 41.8 Å². The number of carboxylic acids is 1. The Bertz CT molecular complexity index is 635. The summed E-state index contributed by atoms with van der Waals surface area (Å²) in [7, 11) is 0. The Kier molecular flexibility index (Phi) is 5.53. The maximum absolute atomic E-state index is 14.0. The topological polar surface area (TPSA) is 46.5 Å². The Labute approximate surface area is 129 Å². The summed E-state index contributed by atoms with van der Waals surface area (Å²) >= 11 is 0. The third kappa shape index (κ3) is 4.07. The van der Waals surface area contributed by atoms with Crippen molar-refractivity contribution in [3.8, 4) is 16.9 Å². The lowest BCUT2D eigenvalue weighted by Gasteiger charge is -2.09. The monoisotopic (exact) mass is 302 g/mol. The molecule has 116 valence electrons. The van der Waals surface area contributed by atoms with Crippen LogP contribution >= 0.6 is 0 Å². The van der Waals surface area contributed by atoms with Crippen LogP contribution in [0.1, 0.15) is 36.5 Å². The molecular formula is C18H19FO3. The van der Waals surface area contributed by atoms with Crippen molar-refractivity contribution < 1.29 is 19.0 Å². The van der Waals surface area contributed by atoms with E-state index in [1.807, 2.05) is 0 Å². The van der Waals surface area contributed by atoms with Crippen LogP contribution in [0.25, 0.3) is 11.1 Å². The van der Waals surface area contributed by atoms with Gasteiger partial charge in [-0.2, -0.15) is 0 Å². The Morgan fingerprint density at radius 1 is 1.09 bits per heavy atom. The summed E-state index contributed by atoms with van der Waals surface area (Å²) in [5.41, 5.74) is 1.66. The van der Waals surface area contributed by atoms with E-state index in [0.29, 0.717) is 12.2 Å². The summed E-state index contributed by atoms with van der Waals surface area (Å²) in [4.78, 5) is 10.8. The third-order valence-corrected chi connectivity index (χ3v) is 3.40. The highest BCUT2D eigenvalue weighted by Gasteiger charge is 2.07. The van der Waals surface area contributed by atoms with Gasteiger partial charge >= 0.3 is 5.97 Å². The molecule has 0 heterocycles. The number of rotatable bonds is 7. The minimum Gasteiger partial charge on any atom is -0.491 e. The highest BCUT2D eigenvalue weighted by molar-refractivity contribution is 5.88. The number of carboxylic acid groups (broad SMARTS) is 1. The molecule has 22 heavy (non-hydrogen) atoms. The van der Waals surface area contributed by atoms with Crippen molar-refractivity contribution in [1.29, 1.82) is 0 Å². The van der Waals surface area contributed by atoms with Crippen molar-refractivity contribution in [2.45, 2.75) is 26.2 Å². The standard InChI is InChI=1S/C18H19FO3/c1-2-3-4-11-22-17-10-9-15(12-16(17)19)13-5-7-14(8-6-13)18(20)21/h5-10,12H,2-4,11H2,1H3,(H,20,21). The molecule has 0 spiro atoms. The smallest absolute Gasteiger partial charge is 0.335 e. The molecule has 0 saturated carbocycles. The summed E-state index contributed by atoms with van der Waals surface area (Å²) < 4.78 is 19.5. The van der Waals surface area contributed by atoms with Crippen LogP contribution in [0.2, 0.25) is 0 Å². The maximum atomic E-state index is 14.0. The first-order valence-corrected chi connectivity index (χ1v) is 7.38. The Balaban J connectivity index is 2.09. The van der Waals surface area contributed by atoms with Crippen LogP contribution in [0.3, 0.4) is 0 Å². The minimum atomic E-state index is -0.978. The Morgan fingerprint density at radius 2 is 1.77 bits per heavy atom. The van der Waals surface area contributed by atoms with E-state index >= 15 is 0 Å². The second-order valence-corrected chi connectivity index (χ2v) is 5.08. The van der Waals surface area contributed by atoms with Gasteiger partial charge in [-0.25, -0.2) is 9.18 Å². The van der Waals surface area contributed by atoms with E-state index in [4.69, 9.17) is 9.84 Å². The number of aromatic carboxylic acids is 1. The predicted octanol–water partition coefficient (Wildman–Crippen LogP) is 4.76. The molecule has 0 radical (unpaired) electrons. The van der Waals surface area contributed by atoms with Gasteiger partial charge in [-0.3, -0.25) is 0 Å². The van der Waals surface area contributed by atoms with Gasteiger partial charge < -0.3 is 9.84 Å². The van der Waals surface area contributed by atoms with Crippen molar-refractivity contribution in [2.75, 3.05) is 6.61 Å². The zero-order chi connectivity index (χ0) is 15.9. The normalized spacial score (nSPS) is 10.5. The Morgan fingerprint density at radius 3 is 2.36 bits per heavy atom. The fourth-order valence-corrected chi connectivity index (χ4v) is 2.14. The summed E-state index contributed by atoms with van der Waals surface area (Å²) in [6, 6.07) is 11.1. The van der Waals surface area contributed by atoms with Gasteiger partial charge in [0.2, 0.25) is 0 Å². The van der Waals surface area contributed by atoms with Crippen molar-refractivity contribution in [3.63, 3.8) is 0 Å². The molecule has 0 amide bonds. The molecule has 0 atom stereocenters. The second-order valence-electron chi connectivity index (χ2n) is 5.08. The molecule has 0 unspecified atom stereocenters. The second kappa shape index (κ2) is 7.59. The summed E-state index contributed by atoms with van der Waals surface area (Å²) in [5, 5.41) is 8.87. The van der Waals surface area contributed by atoms with E-state index in [1.54, 1.807) is 24.3 Å². The zero-order valence-corrected chi connectivity index (χ0v) is 12.5. The molecule has 2 aromatic carbocycles. The van der Waals surface area contributed by atoms with E-state index in [9.17, 15) is 9.18 Å². The van der Waals surface area contributed by atoms with Gasteiger partial charge in [0.25, 0.3) is 0 Å². The number of hydrogen-bond acceptors (Lipinski definition) is 2. The van der Waals surface area contributed by atoms with Crippen LogP contribution in [0.4, 0.5) is 4.39 Å². The molecular weight excluding hydrogens is 283 g/mol. The molecule has 0 aromatic heterocycles. The summed E-state index contributed by atoms with van der Waals surface area (Å²) in [5.74, 6) is -1.13. The molecule has 2 rings (SSSR count). The van der Waals surface area contributed by atoms with Gasteiger partial charge in [0.15, 0.2) is 11.6 Å². The molecule has 4 heteroatoms. The van der Waals surface area contributed by atoms with Crippen molar-refractivity contribution >= 4 is 5.97 Å². The minimum absolute atomic E-state index is 0.208. The van der Waals surface area contributed by atoms with Crippen LogP contribution < -0.4 is 4.74 Å². The number of benzene rings is 2. The van der Waals surface area contributed by atoms with E-state index < -0.39 is 11.8 Å². The van der Waals surface area contributed by atoms with Crippen LogP contribution in [0, 0.1) is 5.82 Å². The van der Waals surface area contributed by atoms with Gasteiger partial charge in [0.05, 0.1) is 12.2 Å². The van der Waals surface area contributed by atoms with Gasteiger partial charge in [0.1, 0.15) is 0 Å². The number of ether oxygens (including phenoxy) is 1. The lowest BCUT2D eigenvalue weighted by atomic mass is 10.0. The first-order valence-electron chi connectivity index (χ1n) is 7.38. The molecule has 0 fully saturated rings. The quantitative estimate of drug-likeness (QED) is 0.750. The van der Waals surface area contributed by atoms with Crippen molar-refractivity contribution in [2.24, 2.45) is 0 Å². The van der Waals surface area contributed by atoms with Gasteiger partial charge in [0, 0.05) is 0 Å². The highest BCUT2D eigenvalue weighted by Crippen LogP contribution is 2.26. The summed E-state index contributed by atoms with van der Waals surface area (Å²) in [6.45, 7) is 2.61. The van der Waals surface area contributed by atoms with Gasteiger partial charge in [-0.15, -0.1) is 0 Å². The SMILES string of the molecule is CCCCCOc1ccc(-c2ccc(C(=O)O)cc2)cc1F. The molecule has 0 bridgehead atoms. The third-order valence-electron chi connectivity index (χ3n) is 3.40. The fraction of sp³-hybridized carbons (Fsp3) is 0.278. The van der Waals surface area contributed by atoms with Crippen LogP contribution in [0.15, 0.2) is 42.5 Å². The molecule has 2 aromatic rings. The fourth-order valence-electron chi connectivity index (χ4n) is 2.14.